The van der Waals surface area contributed by atoms with Crippen molar-refractivity contribution in [1.82, 2.24) is 0 Å². The van der Waals surface area contributed by atoms with Crippen molar-refractivity contribution >= 4 is 84.2 Å². The average Bonchev–Trinajstić information content (AvgIpc) is 0. The molecular formula is H9CaMgPS. The molecule has 0 heterocycles. The van der Waals surface area contributed by atoms with Gasteiger partial charge in [0.25, 0.3) is 0 Å². The SMILES string of the molecule is P.S.[Ca+2].[H-].[H-].[H-].[H-].[Mg+2]. The van der Waals surface area contributed by atoms with Gasteiger partial charge in [0.1, 0.15) is 0 Å². The molecule has 0 nitrogen and oxygen atoms in total. The maximum Gasteiger partial charge on any atom is 2.00 e. The predicted molar refractivity (Wildman–Crippen MR) is 37.4 cm³/mol. The van der Waals surface area contributed by atoms with E-state index in [4.69, 9.17) is 0 Å². The van der Waals surface area contributed by atoms with Gasteiger partial charge in [-0.25, -0.2) is 0 Å². The van der Waals surface area contributed by atoms with Crippen molar-refractivity contribution in [2.24, 2.45) is 0 Å². The molecule has 4 heavy (non-hydrogen) atoms. The summed E-state index contributed by atoms with van der Waals surface area (Å²) in [5.74, 6) is 0. The Morgan fingerprint density at radius 3 is 1.25 bits per heavy atom. The molecule has 0 N–H and O–H groups in total. The third-order valence-corrected chi connectivity index (χ3v) is 0. The van der Waals surface area contributed by atoms with Gasteiger partial charge in [-0.15, -0.1) is 0 Å². The molecule has 0 rings (SSSR count). The fourth-order valence-corrected chi connectivity index (χ4v) is 0. The first kappa shape index (κ1) is 29.1. The zero-order valence-electron chi connectivity index (χ0n) is 6.62. The van der Waals surface area contributed by atoms with Crippen LogP contribution in [-0.2, 0) is 0 Å². The maximum atomic E-state index is 0. The molecule has 0 fully saturated rings. The molecule has 0 aliphatic carbocycles. The second-order valence-corrected chi connectivity index (χ2v) is 0. The van der Waals surface area contributed by atoms with E-state index in [2.05, 4.69) is 0 Å². The third-order valence-electron chi connectivity index (χ3n) is 0. The van der Waals surface area contributed by atoms with Gasteiger partial charge in [0, 0.05) is 0 Å². The molecule has 1 atom stereocenters. The summed E-state index contributed by atoms with van der Waals surface area (Å²) in [6, 6.07) is 0. The monoisotopic (exact) mass is 136 g/mol. The van der Waals surface area contributed by atoms with E-state index < -0.39 is 0 Å². The summed E-state index contributed by atoms with van der Waals surface area (Å²) >= 11 is 0. The van der Waals surface area contributed by atoms with Gasteiger partial charge in [0.2, 0.25) is 0 Å². The molecule has 24 valence electrons. The molecule has 0 aliphatic heterocycles. The second kappa shape index (κ2) is 17.0. The first-order valence-corrected chi connectivity index (χ1v) is 0. The summed E-state index contributed by atoms with van der Waals surface area (Å²) in [6.45, 7) is 0. The van der Waals surface area contributed by atoms with Gasteiger partial charge < -0.3 is 5.71 Å². The standard InChI is InChI=1S/Ca.Mg.H3P.H2S.4H/h;;1H3;1H2;;;;/q2*+2;;;4*-1. The molecule has 0 aromatic carbocycles. The van der Waals surface area contributed by atoms with Crippen molar-refractivity contribution in [2.75, 3.05) is 0 Å². The van der Waals surface area contributed by atoms with E-state index in [1.807, 2.05) is 0 Å². The topological polar surface area (TPSA) is 0 Å². The maximum absolute atomic E-state index is 0. The van der Waals surface area contributed by atoms with Crippen LogP contribution in [0.2, 0.25) is 0 Å². The Hall–Kier alpha value is 2.81. The van der Waals surface area contributed by atoms with Crippen molar-refractivity contribution in [2.45, 2.75) is 0 Å². The van der Waals surface area contributed by atoms with E-state index in [-0.39, 0.29) is 89.9 Å². The molecule has 0 amide bonds. The minimum absolute atomic E-state index is 0. The zero-order valence-corrected chi connectivity index (χ0v) is 8.66. The van der Waals surface area contributed by atoms with Crippen molar-refractivity contribution in [1.29, 1.82) is 0 Å². The Morgan fingerprint density at radius 1 is 1.25 bits per heavy atom. The van der Waals surface area contributed by atoms with E-state index >= 15 is 0 Å². The van der Waals surface area contributed by atoms with E-state index in [0.717, 1.165) is 0 Å². The molecule has 0 saturated heterocycles. The summed E-state index contributed by atoms with van der Waals surface area (Å²) in [7, 11) is 0. The molecule has 4 heteroatoms. The molecule has 0 bridgehead atoms. The van der Waals surface area contributed by atoms with Crippen LogP contribution >= 0.6 is 23.4 Å². The molecule has 0 aliphatic rings. The van der Waals surface area contributed by atoms with Crippen LogP contribution in [0.15, 0.2) is 0 Å². The summed E-state index contributed by atoms with van der Waals surface area (Å²) in [6.07, 6.45) is 0. The summed E-state index contributed by atoms with van der Waals surface area (Å²) in [4.78, 5) is 0. The average molecular weight is 136 g/mol. The van der Waals surface area contributed by atoms with Gasteiger partial charge in [0.15, 0.2) is 0 Å². The van der Waals surface area contributed by atoms with E-state index in [9.17, 15) is 0 Å². The van der Waals surface area contributed by atoms with Gasteiger partial charge in [-0.05, 0) is 0 Å². The Balaban J connectivity index is 0. The normalized spacial score (nSPS) is 0. The number of hydrogen-bond donors (Lipinski definition) is 0. The van der Waals surface area contributed by atoms with Crippen LogP contribution in [0.1, 0.15) is 5.71 Å². The molecule has 0 radical (unpaired) electrons. The van der Waals surface area contributed by atoms with Crippen LogP contribution < -0.4 is 0 Å². The predicted octanol–water partition coefficient (Wildman–Crippen LogP) is -0.141. The molecule has 0 aromatic heterocycles. The molecule has 0 spiro atoms. The van der Waals surface area contributed by atoms with Crippen LogP contribution in [0.5, 0.6) is 0 Å². The summed E-state index contributed by atoms with van der Waals surface area (Å²) < 4.78 is 0. The molecular weight excluding hydrogens is 127 g/mol. The Kier molecular flexibility index (Phi) is 124. The fourth-order valence-electron chi connectivity index (χ4n) is 0. The second-order valence-electron chi connectivity index (χ2n) is 0. The number of rotatable bonds is 0. The van der Waals surface area contributed by atoms with Crippen LogP contribution in [0.3, 0.4) is 0 Å². The Bertz CT molecular complexity index is 16.0. The van der Waals surface area contributed by atoms with Crippen molar-refractivity contribution in [3.63, 3.8) is 0 Å². The van der Waals surface area contributed by atoms with Crippen LogP contribution in [0.4, 0.5) is 0 Å². The van der Waals surface area contributed by atoms with Gasteiger partial charge in [-0.2, -0.15) is 23.4 Å². The molecule has 1 unspecified atom stereocenters. The summed E-state index contributed by atoms with van der Waals surface area (Å²) in [5, 5.41) is 0. The first-order valence-electron chi connectivity index (χ1n) is 0. The molecule has 0 aromatic rings. The van der Waals surface area contributed by atoms with Crippen LogP contribution in [0.25, 0.3) is 0 Å². The van der Waals surface area contributed by atoms with Crippen molar-refractivity contribution < 1.29 is 5.71 Å². The van der Waals surface area contributed by atoms with Crippen molar-refractivity contribution in [3.8, 4) is 0 Å². The van der Waals surface area contributed by atoms with Gasteiger partial charge in [0.05, 0.1) is 0 Å². The Labute approximate surface area is 88.6 Å². The van der Waals surface area contributed by atoms with Gasteiger partial charge in [-0.1, -0.05) is 0 Å². The van der Waals surface area contributed by atoms with Gasteiger partial charge in [-0.3, -0.25) is 0 Å². The minimum Gasteiger partial charge on any atom is -1.00 e. The van der Waals surface area contributed by atoms with Crippen LogP contribution in [-0.4, -0.2) is 60.8 Å². The quantitative estimate of drug-likeness (QED) is 0.321. The number of hydrogen-bond acceptors (Lipinski definition) is 0. The minimum atomic E-state index is 0. The molecule has 0 saturated carbocycles. The van der Waals surface area contributed by atoms with E-state index in [1.165, 1.54) is 0 Å². The van der Waals surface area contributed by atoms with E-state index in [1.54, 1.807) is 0 Å². The first-order chi connectivity index (χ1) is 0. The Morgan fingerprint density at radius 2 is 1.25 bits per heavy atom. The van der Waals surface area contributed by atoms with E-state index in [0.29, 0.717) is 0 Å². The largest absolute Gasteiger partial charge is 2.00 e. The van der Waals surface area contributed by atoms with Gasteiger partial charge >= 0.3 is 60.8 Å². The third kappa shape index (κ3) is 8.84. The van der Waals surface area contributed by atoms with Crippen molar-refractivity contribution in [3.05, 3.63) is 0 Å². The smallest absolute Gasteiger partial charge is 1.00 e. The fraction of sp³-hybridized carbons (Fsp3) is 0. The van der Waals surface area contributed by atoms with Crippen LogP contribution in [0, 0.1) is 0 Å². The summed E-state index contributed by atoms with van der Waals surface area (Å²) in [5.41, 5.74) is 0. The zero-order chi connectivity index (χ0) is 0.